The summed E-state index contributed by atoms with van der Waals surface area (Å²) in [5, 5.41) is 1.98. The lowest BCUT2D eigenvalue weighted by Gasteiger charge is -2.13. The highest BCUT2D eigenvalue weighted by molar-refractivity contribution is 9.10. The highest BCUT2D eigenvalue weighted by Crippen LogP contribution is 2.24. The van der Waals surface area contributed by atoms with Gasteiger partial charge in [-0.3, -0.25) is 0 Å². The molecule has 0 aromatic carbocycles. The van der Waals surface area contributed by atoms with Gasteiger partial charge < -0.3 is 0 Å². The van der Waals surface area contributed by atoms with E-state index in [2.05, 4.69) is 20.3 Å². The van der Waals surface area contributed by atoms with E-state index in [0.717, 1.165) is 15.1 Å². The number of rotatable bonds is 2. The van der Waals surface area contributed by atoms with Gasteiger partial charge >= 0.3 is 0 Å². The molecule has 0 amide bonds. The maximum absolute atomic E-state index is 11.8. The Labute approximate surface area is 106 Å². The van der Waals surface area contributed by atoms with Crippen LogP contribution in [0.2, 0.25) is 0 Å². The third kappa shape index (κ3) is 3.50. The second-order valence-electron chi connectivity index (χ2n) is 4.14. The molecule has 84 valence electrons. The molecule has 1 rings (SSSR count). The minimum atomic E-state index is -1.19. The van der Waals surface area contributed by atoms with Crippen molar-refractivity contribution in [3.05, 3.63) is 20.8 Å². The molecule has 0 unspecified atom stereocenters. The van der Waals surface area contributed by atoms with Crippen molar-refractivity contribution >= 4 is 44.0 Å². The zero-order valence-corrected chi connectivity index (χ0v) is 12.4. The lowest BCUT2D eigenvalue weighted by Crippen LogP contribution is -2.20. The number of hydrogen-bond acceptors (Lipinski definition) is 2. The van der Waals surface area contributed by atoms with E-state index in [1.165, 1.54) is 0 Å². The van der Waals surface area contributed by atoms with E-state index in [9.17, 15) is 4.21 Å². The van der Waals surface area contributed by atoms with Crippen molar-refractivity contribution in [3.63, 3.8) is 0 Å². The molecule has 0 saturated heterocycles. The van der Waals surface area contributed by atoms with Crippen LogP contribution in [0.1, 0.15) is 32.6 Å². The quantitative estimate of drug-likeness (QED) is 0.765. The molecule has 15 heavy (non-hydrogen) atoms. The topological polar surface area (TPSA) is 29.4 Å². The summed E-state index contributed by atoms with van der Waals surface area (Å²) in [6, 6.07) is 1.97. The van der Waals surface area contributed by atoms with Crippen LogP contribution in [0, 0.1) is 0 Å². The highest BCUT2D eigenvalue weighted by Gasteiger charge is 2.19. The summed E-state index contributed by atoms with van der Waals surface area (Å²) in [5.74, 6) is 0. The Morgan fingerprint density at radius 1 is 1.53 bits per heavy atom. The fourth-order valence-corrected chi connectivity index (χ4v) is 3.14. The van der Waals surface area contributed by atoms with E-state index >= 15 is 0 Å². The molecule has 0 aliphatic heterocycles. The van der Waals surface area contributed by atoms with Gasteiger partial charge in [0, 0.05) is 4.47 Å². The van der Waals surface area contributed by atoms with Crippen LogP contribution >= 0.6 is 27.3 Å². The summed E-state index contributed by atoms with van der Waals surface area (Å²) < 4.78 is 16.7. The van der Waals surface area contributed by atoms with Crippen molar-refractivity contribution in [2.45, 2.75) is 32.4 Å². The molecule has 1 heterocycles. The number of nitrogens with zero attached hydrogens (tertiary/aromatic N) is 1. The molecular formula is C10H14BrNOS2. The van der Waals surface area contributed by atoms with Crippen molar-refractivity contribution in [3.8, 4) is 0 Å². The van der Waals surface area contributed by atoms with Crippen LogP contribution in [-0.2, 0) is 11.0 Å². The van der Waals surface area contributed by atoms with E-state index in [0.29, 0.717) is 0 Å². The van der Waals surface area contributed by atoms with Crippen LogP contribution in [-0.4, -0.2) is 14.7 Å². The number of halogens is 1. The van der Waals surface area contributed by atoms with Gasteiger partial charge in [-0.15, -0.1) is 11.3 Å². The van der Waals surface area contributed by atoms with E-state index in [1.54, 1.807) is 11.3 Å². The normalized spacial score (nSPS) is 15.4. The minimum Gasteiger partial charge on any atom is -0.234 e. The van der Waals surface area contributed by atoms with Crippen LogP contribution in [0.15, 0.2) is 20.3 Å². The first-order chi connectivity index (χ1) is 6.82. The van der Waals surface area contributed by atoms with Crippen molar-refractivity contribution in [1.29, 1.82) is 0 Å². The first kappa shape index (κ1) is 13.1. The molecule has 2 nitrogen and oxygen atoms in total. The average molecular weight is 308 g/mol. The fraction of sp³-hybridized carbons (Fsp3) is 0.500. The summed E-state index contributed by atoms with van der Waals surface area (Å²) in [7, 11) is -1.19. The zero-order valence-electron chi connectivity index (χ0n) is 9.20. The molecule has 0 aliphatic carbocycles. The summed E-state index contributed by atoms with van der Waals surface area (Å²) in [4.78, 5) is 1.05. The lowest BCUT2D eigenvalue weighted by molar-refractivity contribution is 0.650. The molecule has 0 bridgehead atoms. The van der Waals surface area contributed by atoms with E-state index < -0.39 is 11.0 Å². The molecule has 0 N–H and O–H groups in total. The molecule has 0 fully saturated rings. The molecule has 0 aliphatic rings. The van der Waals surface area contributed by atoms with Crippen molar-refractivity contribution < 1.29 is 4.21 Å². The zero-order chi connectivity index (χ0) is 11.6. The maximum Gasteiger partial charge on any atom is 0.145 e. The monoisotopic (exact) mass is 307 g/mol. The van der Waals surface area contributed by atoms with Gasteiger partial charge in [-0.1, -0.05) is 0 Å². The van der Waals surface area contributed by atoms with Crippen LogP contribution in [0.25, 0.3) is 0 Å². The molecule has 5 heteroatoms. The highest BCUT2D eigenvalue weighted by atomic mass is 79.9. The second-order valence-corrected chi connectivity index (χ2v) is 7.81. The molecule has 0 spiro atoms. The molecule has 1 aromatic rings. The Morgan fingerprint density at radius 3 is 2.53 bits per heavy atom. The second kappa shape index (κ2) is 4.89. The van der Waals surface area contributed by atoms with Gasteiger partial charge in [0.25, 0.3) is 0 Å². The van der Waals surface area contributed by atoms with Crippen molar-refractivity contribution in [2.24, 2.45) is 4.40 Å². The average Bonchev–Trinajstić information content (AvgIpc) is 2.49. The molecule has 0 radical (unpaired) electrons. The predicted molar refractivity (Wildman–Crippen MR) is 72.1 cm³/mol. The molecule has 0 saturated carbocycles. The Balaban J connectivity index is 2.96. The van der Waals surface area contributed by atoms with E-state index in [1.807, 2.05) is 39.1 Å². The first-order valence-corrected chi connectivity index (χ1v) is 7.31. The van der Waals surface area contributed by atoms with Crippen LogP contribution in [0.4, 0.5) is 0 Å². The van der Waals surface area contributed by atoms with Gasteiger partial charge in [0.1, 0.15) is 11.0 Å². The summed E-state index contributed by atoms with van der Waals surface area (Å²) in [5.41, 5.74) is 0.824. The van der Waals surface area contributed by atoms with Gasteiger partial charge in [-0.2, -0.15) is 4.40 Å². The Morgan fingerprint density at radius 2 is 2.13 bits per heavy atom. The summed E-state index contributed by atoms with van der Waals surface area (Å²) >= 11 is 5.04. The predicted octanol–water partition coefficient (Wildman–Crippen LogP) is 3.78. The van der Waals surface area contributed by atoms with Crippen LogP contribution in [0.3, 0.4) is 0 Å². The van der Waals surface area contributed by atoms with Gasteiger partial charge in [0.2, 0.25) is 0 Å². The summed E-state index contributed by atoms with van der Waals surface area (Å²) in [6.07, 6.45) is 0. The van der Waals surface area contributed by atoms with Crippen LogP contribution in [0.5, 0.6) is 0 Å². The lowest BCUT2D eigenvalue weighted by atomic mass is 10.3. The third-order valence-corrected chi connectivity index (χ3v) is 5.12. The number of thiophene rings is 1. The third-order valence-electron chi connectivity index (χ3n) is 1.69. The van der Waals surface area contributed by atoms with Gasteiger partial charge in [-0.25, -0.2) is 4.21 Å². The SMILES string of the molecule is C/C(=N\[S@@](=O)C(C)(C)C)c1sccc1Br. The summed E-state index contributed by atoms with van der Waals surface area (Å²) in [6.45, 7) is 7.65. The van der Waals surface area contributed by atoms with E-state index in [4.69, 9.17) is 0 Å². The van der Waals surface area contributed by atoms with Crippen molar-refractivity contribution in [1.82, 2.24) is 0 Å². The van der Waals surface area contributed by atoms with Gasteiger partial charge in [-0.05, 0) is 55.1 Å². The Bertz CT molecular complexity index is 404. The fourth-order valence-electron chi connectivity index (χ4n) is 0.855. The largest absolute Gasteiger partial charge is 0.234 e. The molecule has 1 atom stereocenters. The van der Waals surface area contributed by atoms with Crippen LogP contribution < -0.4 is 0 Å². The van der Waals surface area contributed by atoms with Gasteiger partial charge in [0.05, 0.1) is 15.3 Å². The van der Waals surface area contributed by atoms with Crippen molar-refractivity contribution in [2.75, 3.05) is 0 Å². The smallest absolute Gasteiger partial charge is 0.145 e. The van der Waals surface area contributed by atoms with Gasteiger partial charge in [0.15, 0.2) is 0 Å². The minimum absolute atomic E-state index is 0.301. The number of hydrogen-bond donors (Lipinski definition) is 0. The van der Waals surface area contributed by atoms with E-state index in [-0.39, 0.29) is 4.75 Å². The Hall–Kier alpha value is -0.000000000000000111. The molecular weight excluding hydrogens is 294 g/mol. The first-order valence-electron chi connectivity index (χ1n) is 4.53. The Kier molecular flexibility index (Phi) is 4.26. The molecule has 1 aromatic heterocycles. The standard InChI is InChI=1S/C10H14BrNOS2/c1-7(9-8(11)5-6-14-9)12-15(13)10(2,3)4/h5-6H,1-4H3/b12-7+/t15-/m0/s1. The maximum atomic E-state index is 11.8.